The number of carbonyl (C=O) groups excluding carboxylic acids is 1. The number of thiazole rings is 1. The molecule has 0 unspecified atom stereocenters. The number of likely N-dealkylation sites (N-methyl/N-ethyl adjacent to an activating group) is 1. The van der Waals surface area contributed by atoms with Crippen molar-refractivity contribution in [2.24, 2.45) is 4.99 Å². The lowest BCUT2D eigenvalue weighted by Gasteiger charge is -2.21. The number of nitrogens with zero attached hydrogens (tertiary/aromatic N) is 3. The van der Waals surface area contributed by atoms with Crippen molar-refractivity contribution in [1.82, 2.24) is 9.47 Å². The molecule has 4 rings (SSSR count). The van der Waals surface area contributed by atoms with E-state index in [1.165, 1.54) is 17.4 Å². The summed E-state index contributed by atoms with van der Waals surface area (Å²) in [5.74, 6) is -0.688. The minimum absolute atomic E-state index is 0.0376. The average Bonchev–Trinajstić information content (AvgIpc) is 3.54. The fraction of sp³-hybridized carbons (Fsp3) is 0.615. The zero-order valence-corrected chi connectivity index (χ0v) is 22.1. The predicted molar refractivity (Wildman–Crippen MR) is 135 cm³/mol. The number of hydrogen-bond donors (Lipinski definition) is 1. The standard InChI is InChI=1S/C26H35F3N4O2S/c1-25(2,3)22-16-33(15-19-8-6-12-35-19)24(36-22)31-23(34)20-13-17(26(27,28)29)9-10-21(20)30-14-18-7-5-11-32(18)4/h9-10,13,16,18-19,30H,5-8,11-12,14-15H2,1-4H3/t18-,19+/m0/s1. The second-order valence-corrected chi connectivity index (χ2v) is 11.8. The predicted octanol–water partition coefficient (Wildman–Crippen LogP) is 5.29. The Bertz CT molecular complexity index is 1140. The van der Waals surface area contributed by atoms with Crippen LogP contribution in [0.5, 0.6) is 0 Å². The molecule has 2 saturated heterocycles. The number of likely N-dealkylation sites (tertiary alicyclic amines) is 1. The Morgan fingerprint density at radius 3 is 2.61 bits per heavy atom. The fourth-order valence-corrected chi connectivity index (χ4v) is 5.67. The zero-order chi connectivity index (χ0) is 26.1. The van der Waals surface area contributed by atoms with Crippen LogP contribution in [0.25, 0.3) is 0 Å². The Balaban J connectivity index is 1.69. The molecule has 0 bridgehead atoms. The third-order valence-corrected chi connectivity index (χ3v) is 8.30. The number of hydrogen-bond acceptors (Lipinski definition) is 5. The van der Waals surface area contributed by atoms with E-state index in [1.807, 2.05) is 17.8 Å². The van der Waals surface area contributed by atoms with Gasteiger partial charge in [0.15, 0.2) is 4.80 Å². The minimum atomic E-state index is -4.55. The van der Waals surface area contributed by atoms with Gasteiger partial charge >= 0.3 is 6.18 Å². The molecule has 0 spiro atoms. The third-order valence-electron chi connectivity index (χ3n) is 6.86. The number of ether oxygens (including phenoxy) is 1. The van der Waals surface area contributed by atoms with Gasteiger partial charge in [-0.05, 0) is 62.9 Å². The highest BCUT2D eigenvalue weighted by molar-refractivity contribution is 7.09. The summed E-state index contributed by atoms with van der Waals surface area (Å²) < 4.78 is 48.2. The molecule has 198 valence electrons. The number of halogens is 3. The highest BCUT2D eigenvalue weighted by Gasteiger charge is 2.32. The molecule has 0 saturated carbocycles. The molecular formula is C26H35F3N4O2S. The van der Waals surface area contributed by atoms with Gasteiger partial charge in [-0.15, -0.1) is 11.3 Å². The number of carbonyl (C=O) groups is 1. The van der Waals surface area contributed by atoms with Crippen molar-refractivity contribution in [1.29, 1.82) is 0 Å². The smallest absolute Gasteiger partial charge is 0.383 e. The molecule has 2 aliphatic rings. The molecule has 3 heterocycles. The van der Waals surface area contributed by atoms with Gasteiger partial charge in [0.25, 0.3) is 5.91 Å². The van der Waals surface area contributed by atoms with Crippen LogP contribution in [0.3, 0.4) is 0 Å². The van der Waals surface area contributed by atoms with Crippen molar-refractivity contribution in [3.8, 4) is 0 Å². The molecule has 1 aromatic heterocycles. The summed E-state index contributed by atoms with van der Waals surface area (Å²) in [4.78, 5) is 21.5. The van der Waals surface area contributed by atoms with Crippen LogP contribution < -0.4 is 10.1 Å². The van der Waals surface area contributed by atoms with E-state index in [4.69, 9.17) is 4.74 Å². The normalized spacial score (nSPS) is 21.9. The summed E-state index contributed by atoms with van der Waals surface area (Å²) in [6, 6.07) is 3.54. The molecule has 36 heavy (non-hydrogen) atoms. The van der Waals surface area contributed by atoms with E-state index < -0.39 is 17.6 Å². The summed E-state index contributed by atoms with van der Waals surface area (Å²) in [5, 5.41) is 3.22. The van der Waals surface area contributed by atoms with Gasteiger partial charge in [-0.2, -0.15) is 18.2 Å². The van der Waals surface area contributed by atoms with E-state index in [9.17, 15) is 18.0 Å². The van der Waals surface area contributed by atoms with Crippen LogP contribution in [0.4, 0.5) is 18.9 Å². The molecule has 0 aliphatic carbocycles. The van der Waals surface area contributed by atoms with Crippen molar-refractivity contribution in [2.75, 3.05) is 32.1 Å². The second-order valence-electron chi connectivity index (χ2n) is 10.7. The number of nitrogens with one attached hydrogen (secondary N) is 1. The first-order valence-corrected chi connectivity index (χ1v) is 13.3. The van der Waals surface area contributed by atoms with Crippen LogP contribution in [-0.4, -0.2) is 54.3 Å². The monoisotopic (exact) mass is 524 g/mol. The lowest BCUT2D eigenvalue weighted by atomic mass is 9.95. The number of aromatic nitrogens is 1. The maximum absolute atomic E-state index is 13.5. The highest BCUT2D eigenvalue weighted by Crippen LogP contribution is 2.32. The third kappa shape index (κ3) is 6.39. The summed E-state index contributed by atoms with van der Waals surface area (Å²) >= 11 is 1.39. The SMILES string of the molecule is CN1CCC[C@H]1CNc1ccc(C(F)(F)F)cc1C(=O)N=c1sc(C(C)(C)C)cn1C[C@H]1CCCO1. The van der Waals surface area contributed by atoms with E-state index in [2.05, 4.69) is 36.0 Å². The first-order valence-electron chi connectivity index (χ1n) is 12.5. The maximum atomic E-state index is 13.5. The Hall–Kier alpha value is -2.17. The van der Waals surface area contributed by atoms with Crippen LogP contribution in [0.1, 0.15) is 67.3 Å². The number of rotatable bonds is 6. The number of benzene rings is 1. The van der Waals surface area contributed by atoms with Crippen LogP contribution in [0.15, 0.2) is 29.4 Å². The van der Waals surface area contributed by atoms with Gasteiger partial charge in [-0.3, -0.25) is 4.79 Å². The summed E-state index contributed by atoms with van der Waals surface area (Å²) in [7, 11) is 2.03. The van der Waals surface area contributed by atoms with Crippen LogP contribution in [0, 0.1) is 0 Å². The Labute approximate surface area is 214 Å². The summed E-state index contributed by atoms with van der Waals surface area (Å²) in [6.07, 6.45) is 1.47. The van der Waals surface area contributed by atoms with Crippen LogP contribution >= 0.6 is 11.3 Å². The molecule has 2 aromatic rings. The highest BCUT2D eigenvalue weighted by atomic mass is 32.1. The van der Waals surface area contributed by atoms with Crippen molar-refractivity contribution >= 4 is 22.9 Å². The van der Waals surface area contributed by atoms with Crippen molar-refractivity contribution in [3.63, 3.8) is 0 Å². The first-order chi connectivity index (χ1) is 16.9. The van der Waals surface area contributed by atoms with Crippen LogP contribution in [0.2, 0.25) is 0 Å². The first kappa shape index (κ1) is 26.9. The van der Waals surface area contributed by atoms with Gasteiger partial charge in [0.1, 0.15) is 0 Å². The minimum Gasteiger partial charge on any atom is -0.383 e. The van der Waals surface area contributed by atoms with E-state index in [1.54, 1.807) is 0 Å². The van der Waals surface area contributed by atoms with Gasteiger partial charge < -0.3 is 19.5 Å². The largest absolute Gasteiger partial charge is 0.416 e. The van der Waals surface area contributed by atoms with Gasteiger partial charge in [-0.25, -0.2) is 0 Å². The second kappa shape index (κ2) is 10.7. The molecule has 6 nitrogen and oxygen atoms in total. The fourth-order valence-electron chi connectivity index (χ4n) is 4.62. The number of alkyl halides is 3. The van der Waals surface area contributed by atoms with Crippen molar-refractivity contribution in [2.45, 2.75) is 76.7 Å². The molecule has 10 heteroatoms. The van der Waals surface area contributed by atoms with E-state index >= 15 is 0 Å². The van der Waals surface area contributed by atoms with Gasteiger partial charge in [0.2, 0.25) is 0 Å². The number of anilines is 1. The molecule has 1 N–H and O–H groups in total. The molecule has 0 radical (unpaired) electrons. The van der Waals surface area contributed by atoms with Gasteiger partial charge in [0.05, 0.1) is 23.8 Å². The average molecular weight is 525 g/mol. The van der Waals surface area contributed by atoms with E-state index in [-0.39, 0.29) is 23.1 Å². The topological polar surface area (TPSA) is 58.9 Å². The Morgan fingerprint density at radius 1 is 1.22 bits per heavy atom. The lowest BCUT2D eigenvalue weighted by Crippen LogP contribution is -2.32. The Kier molecular flexibility index (Phi) is 7.97. The zero-order valence-electron chi connectivity index (χ0n) is 21.3. The molecule has 1 amide bonds. The molecule has 2 fully saturated rings. The maximum Gasteiger partial charge on any atom is 0.416 e. The molecular weight excluding hydrogens is 489 g/mol. The van der Waals surface area contributed by atoms with Crippen molar-refractivity contribution < 1.29 is 22.7 Å². The van der Waals surface area contributed by atoms with E-state index in [0.29, 0.717) is 30.2 Å². The van der Waals surface area contributed by atoms with Crippen molar-refractivity contribution in [3.05, 3.63) is 45.2 Å². The molecule has 2 atom stereocenters. The van der Waals surface area contributed by atoms with Gasteiger partial charge in [-0.1, -0.05) is 20.8 Å². The van der Waals surface area contributed by atoms with Gasteiger partial charge in [0, 0.05) is 36.0 Å². The quantitative estimate of drug-likeness (QED) is 0.558. The number of amides is 1. The lowest BCUT2D eigenvalue weighted by molar-refractivity contribution is -0.137. The Morgan fingerprint density at radius 2 is 2.00 bits per heavy atom. The molecule has 2 aliphatic heterocycles. The molecule has 1 aromatic carbocycles. The summed E-state index contributed by atoms with van der Waals surface area (Å²) in [5.41, 5.74) is -0.718. The van der Waals surface area contributed by atoms with Crippen LogP contribution in [-0.2, 0) is 22.9 Å². The van der Waals surface area contributed by atoms with E-state index in [0.717, 1.165) is 49.2 Å². The summed E-state index contributed by atoms with van der Waals surface area (Å²) in [6.45, 7) is 9.04.